The average Bonchev–Trinajstić information content (AvgIpc) is 3.01. The summed E-state index contributed by atoms with van der Waals surface area (Å²) in [5, 5.41) is 12.7. The molecule has 0 aliphatic heterocycles. The summed E-state index contributed by atoms with van der Waals surface area (Å²) in [6, 6.07) is 3.63. The predicted molar refractivity (Wildman–Crippen MR) is 67.3 cm³/mol. The third kappa shape index (κ3) is 4.86. The second-order valence-corrected chi connectivity index (χ2v) is 4.24. The molecular weight excluding hydrogens is 248 g/mol. The maximum atomic E-state index is 9.69. The van der Waals surface area contributed by atoms with Gasteiger partial charge in [0.15, 0.2) is 0 Å². The van der Waals surface area contributed by atoms with Crippen LogP contribution in [-0.2, 0) is 17.9 Å². The van der Waals surface area contributed by atoms with Crippen molar-refractivity contribution in [1.82, 2.24) is 10.3 Å². The van der Waals surface area contributed by atoms with Gasteiger partial charge < -0.3 is 24.0 Å². The first-order valence-corrected chi connectivity index (χ1v) is 6.14. The van der Waals surface area contributed by atoms with Crippen LogP contribution in [0.3, 0.4) is 0 Å². The van der Waals surface area contributed by atoms with E-state index in [-0.39, 0.29) is 6.61 Å². The fourth-order valence-corrected chi connectivity index (χ4v) is 1.58. The van der Waals surface area contributed by atoms with Crippen molar-refractivity contribution in [3.8, 4) is 0 Å². The second kappa shape index (κ2) is 7.08. The Balaban J connectivity index is 1.55. The zero-order valence-corrected chi connectivity index (χ0v) is 10.8. The summed E-state index contributed by atoms with van der Waals surface area (Å²) in [5.41, 5.74) is 0. The standard InChI is InChI=1S/C13H18N2O4/c1-10-5-15-13(19-10)7-14-6-11(16)8-17-9-12-3-2-4-18-12/h2-5,11,14,16H,6-9H2,1H3. The molecule has 0 saturated heterocycles. The molecule has 2 rings (SSSR count). The minimum atomic E-state index is -0.578. The highest BCUT2D eigenvalue weighted by Crippen LogP contribution is 2.02. The Morgan fingerprint density at radius 3 is 3.11 bits per heavy atom. The molecule has 6 heteroatoms. The van der Waals surface area contributed by atoms with Crippen molar-refractivity contribution in [2.24, 2.45) is 0 Å². The van der Waals surface area contributed by atoms with Crippen molar-refractivity contribution in [3.05, 3.63) is 42.0 Å². The number of aryl methyl sites for hydroxylation is 1. The lowest BCUT2D eigenvalue weighted by atomic mass is 10.3. The molecule has 1 atom stereocenters. The number of oxazole rings is 1. The summed E-state index contributed by atoms with van der Waals surface area (Å²) in [7, 11) is 0. The number of aromatic nitrogens is 1. The Kier molecular flexibility index (Phi) is 5.14. The molecule has 2 N–H and O–H groups in total. The number of nitrogens with one attached hydrogen (secondary N) is 1. The number of aliphatic hydroxyl groups is 1. The van der Waals surface area contributed by atoms with E-state index in [1.807, 2.05) is 13.0 Å². The Morgan fingerprint density at radius 2 is 2.42 bits per heavy atom. The van der Waals surface area contributed by atoms with Gasteiger partial charge in [0.25, 0.3) is 0 Å². The Hall–Kier alpha value is -1.63. The Morgan fingerprint density at radius 1 is 1.53 bits per heavy atom. The van der Waals surface area contributed by atoms with Crippen LogP contribution < -0.4 is 5.32 Å². The maximum Gasteiger partial charge on any atom is 0.208 e. The summed E-state index contributed by atoms with van der Waals surface area (Å²) in [6.45, 7) is 3.36. The van der Waals surface area contributed by atoms with E-state index < -0.39 is 6.10 Å². The van der Waals surface area contributed by atoms with Gasteiger partial charge in [-0.1, -0.05) is 0 Å². The van der Waals surface area contributed by atoms with Crippen LogP contribution in [0.15, 0.2) is 33.4 Å². The van der Waals surface area contributed by atoms with E-state index >= 15 is 0 Å². The third-order valence-corrected chi connectivity index (χ3v) is 2.46. The van der Waals surface area contributed by atoms with Gasteiger partial charge in [-0.3, -0.25) is 0 Å². The summed E-state index contributed by atoms with van der Waals surface area (Å²) in [5.74, 6) is 2.13. The molecule has 0 aromatic carbocycles. The highest BCUT2D eigenvalue weighted by atomic mass is 16.5. The van der Waals surface area contributed by atoms with E-state index in [0.717, 1.165) is 11.5 Å². The number of ether oxygens (including phenoxy) is 1. The van der Waals surface area contributed by atoms with E-state index in [0.29, 0.717) is 25.6 Å². The molecule has 19 heavy (non-hydrogen) atoms. The molecule has 0 saturated carbocycles. The Labute approximate surface area is 111 Å². The molecule has 0 fully saturated rings. The minimum Gasteiger partial charge on any atom is -0.467 e. The molecular formula is C13H18N2O4. The monoisotopic (exact) mass is 266 g/mol. The lowest BCUT2D eigenvalue weighted by Gasteiger charge is -2.10. The van der Waals surface area contributed by atoms with E-state index in [9.17, 15) is 5.11 Å². The second-order valence-electron chi connectivity index (χ2n) is 4.24. The van der Waals surface area contributed by atoms with Gasteiger partial charge in [0.2, 0.25) is 5.89 Å². The van der Waals surface area contributed by atoms with E-state index in [2.05, 4.69) is 10.3 Å². The topological polar surface area (TPSA) is 80.7 Å². The van der Waals surface area contributed by atoms with Crippen molar-refractivity contribution in [2.75, 3.05) is 13.2 Å². The SMILES string of the molecule is Cc1cnc(CNCC(O)COCc2ccco2)o1. The summed E-state index contributed by atoms with van der Waals surface area (Å²) in [4.78, 5) is 4.05. The fourth-order valence-electron chi connectivity index (χ4n) is 1.58. The zero-order valence-electron chi connectivity index (χ0n) is 10.8. The molecule has 0 bridgehead atoms. The van der Waals surface area contributed by atoms with Gasteiger partial charge in [0.05, 0.1) is 31.7 Å². The van der Waals surface area contributed by atoms with Gasteiger partial charge in [0.1, 0.15) is 18.1 Å². The van der Waals surface area contributed by atoms with Crippen LogP contribution in [0, 0.1) is 6.92 Å². The van der Waals surface area contributed by atoms with Crippen molar-refractivity contribution in [3.63, 3.8) is 0 Å². The van der Waals surface area contributed by atoms with E-state index in [1.165, 1.54) is 0 Å². The molecule has 2 heterocycles. The molecule has 0 radical (unpaired) electrons. The molecule has 0 spiro atoms. The third-order valence-electron chi connectivity index (χ3n) is 2.46. The van der Waals surface area contributed by atoms with Gasteiger partial charge >= 0.3 is 0 Å². The minimum absolute atomic E-state index is 0.248. The highest BCUT2D eigenvalue weighted by molar-refractivity contribution is 4.96. The van der Waals surface area contributed by atoms with Crippen molar-refractivity contribution in [2.45, 2.75) is 26.2 Å². The quantitative estimate of drug-likeness (QED) is 0.748. The largest absolute Gasteiger partial charge is 0.467 e. The van der Waals surface area contributed by atoms with Crippen LogP contribution in [-0.4, -0.2) is 29.3 Å². The van der Waals surface area contributed by atoms with E-state index in [1.54, 1.807) is 18.5 Å². The van der Waals surface area contributed by atoms with Gasteiger partial charge in [-0.15, -0.1) is 0 Å². The molecule has 104 valence electrons. The molecule has 6 nitrogen and oxygen atoms in total. The molecule has 0 amide bonds. The van der Waals surface area contributed by atoms with Crippen molar-refractivity contribution in [1.29, 1.82) is 0 Å². The lowest BCUT2D eigenvalue weighted by molar-refractivity contribution is 0.0223. The fraction of sp³-hybridized carbons (Fsp3) is 0.462. The summed E-state index contributed by atoms with van der Waals surface area (Å²) >= 11 is 0. The van der Waals surface area contributed by atoms with E-state index in [4.69, 9.17) is 13.6 Å². The van der Waals surface area contributed by atoms with Gasteiger partial charge in [-0.2, -0.15) is 0 Å². The lowest BCUT2D eigenvalue weighted by Crippen LogP contribution is -2.30. The Bertz CT molecular complexity index is 467. The van der Waals surface area contributed by atoms with Crippen LogP contribution in [0.4, 0.5) is 0 Å². The number of rotatable bonds is 8. The normalized spacial score (nSPS) is 12.7. The van der Waals surface area contributed by atoms with Crippen molar-refractivity contribution < 1.29 is 18.7 Å². The number of hydrogen-bond donors (Lipinski definition) is 2. The first-order valence-electron chi connectivity index (χ1n) is 6.14. The number of hydrogen-bond acceptors (Lipinski definition) is 6. The smallest absolute Gasteiger partial charge is 0.208 e. The summed E-state index contributed by atoms with van der Waals surface area (Å²) < 4.78 is 15.7. The molecule has 0 aliphatic rings. The van der Waals surface area contributed by atoms with Crippen LogP contribution in [0.5, 0.6) is 0 Å². The van der Waals surface area contributed by atoms with Gasteiger partial charge in [0, 0.05) is 6.54 Å². The molecule has 2 aromatic heterocycles. The molecule has 1 unspecified atom stereocenters. The first-order chi connectivity index (χ1) is 9.24. The maximum absolute atomic E-state index is 9.69. The molecule has 2 aromatic rings. The zero-order chi connectivity index (χ0) is 13.5. The molecule has 0 aliphatic carbocycles. The highest BCUT2D eigenvalue weighted by Gasteiger charge is 2.06. The average molecular weight is 266 g/mol. The van der Waals surface area contributed by atoms with Crippen LogP contribution >= 0.6 is 0 Å². The van der Waals surface area contributed by atoms with Crippen molar-refractivity contribution >= 4 is 0 Å². The summed E-state index contributed by atoms with van der Waals surface area (Å²) in [6.07, 6.45) is 2.68. The van der Waals surface area contributed by atoms with Crippen LogP contribution in [0.25, 0.3) is 0 Å². The van der Waals surface area contributed by atoms with Gasteiger partial charge in [-0.05, 0) is 19.1 Å². The van der Waals surface area contributed by atoms with Crippen LogP contribution in [0.1, 0.15) is 17.4 Å². The number of nitrogens with zero attached hydrogens (tertiary/aromatic N) is 1. The van der Waals surface area contributed by atoms with Gasteiger partial charge in [-0.25, -0.2) is 4.98 Å². The number of furan rings is 1. The van der Waals surface area contributed by atoms with Crippen LogP contribution in [0.2, 0.25) is 0 Å². The number of aliphatic hydroxyl groups excluding tert-OH is 1. The predicted octanol–water partition coefficient (Wildman–Crippen LogP) is 1.24. The first kappa shape index (κ1) is 13.8.